The van der Waals surface area contributed by atoms with E-state index in [9.17, 15) is 4.79 Å². The van der Waals surface area contributed by atoms with Crippen LogP contribution in [0.1, 0.15) is 11.1 Å². The van der Waals surface area contributed by atoms with Crippen LogP contribution in [0.25, 0.3) is 0 Å². The Labute approximate surface area is 156 Å². The van der Waals surface area contributed by atoms with E-state index in [4.69, 9.17) is 0 Å². The molecule has 1 N–H and O–H groups in total. The Morgan fingerprint density at radius 1 is 1.24 bits per heavy atom. The van der Waals surface area contributed by atoms with Crippen molar-refractivity contribution in [1.82, 2.24) is 15.1 Å². The van der Waals surface area contributed by atoms with Crippen molar-refractivity contribution in [2.75, 3.05) is 24.2 Å². The zero-order valence-corrected chi connectivity index (χ0v) is 16.1. The Morgan fingerprint density at radius 3 is 2.60 bits per heavy atom. The van der Waals surface area contributed by atoms with E-state index >= 15 is 0 Å². The van der Waals surface area contributed by atoms with E-state index in [0.29, 0.717) is 24.0 Å². The van der Waals surface area contributed by atoms with Gasteiger partial charge in [0.2, 0.25) is 11.0 Å². The van der Waals surface area contributed by atoms with E-state index < -0.39 is 0 Å². The first-order valence-corrected chi connectivity index (χ1v) is 9.64. The van der Waals surface area contributed by atoms with E-state index in [0.717, 1.165) is 10.0 Å². The van der Waals surface area contributed by atoms with Crippen molar-refractivity contribution in [3.05, 3.63) is 54.6 Å². The maximum atomic E-state index is 12.2. The number of carbonyl (C=O) groups is 1. The summed E-state index contributed by atoms with van der Waals surface area (Å²) in [5.41, 5.74) is 3.45. The third-order valence-electron chi connectivity index (χ3n) is 3.54. The summed E-state index contributed by atoms with van der Waals surface area (Å²) >= 11 is 2.83. The largest absolute Gasteiger partial charge is 0.335 e. The summed E-state index contributed by atoms with van der Waals surface area (Å²) in [6.07, 6.45) is 3.42. The SMILES string of the molecule is C=CCN(CC=C)C(=O)CSc1nnc(Nc2ccc(C)c(C)c2)s1. The van der Waals surface area contributed by atoms with E-state index in [-0.39, 0.29) is 5.91 Å². The standard InChI is InChI=1S/C18H22N4OS2/c1-5-9-22(10-6-2)16(23)12-24-18-21-20-17(25-18)19-15-8-7-13(3)14(4)11-15/h5-8,11H,1-2,9-10,12H2,3-4H3,(H,19,20). The van der Waals surface area contributed by atoms with Gasteiger partial charge in [-0.25, -0.2) is 0 Å². The van der Waals surface area contributed by atoms with Crippen LogP contribution in [0.5, 0.6) is 0 Å². The van der Waals surface area contributed by atoms with Gasteiger partial charge in [0.25, 0.3) is 0 Å². The molecule has 0 atom stereocenters. The fourth-order valence-electron chi connectivity index (χ4n) is 2.07. The molecular formula is C18H22N4OS2. The fraction of sp³-hybridized carbons (Fsp3) is 0.278. The minimum absolute atomic E-state index is 0.0312. The fourth-order valence-corrected chi connectivity index (χ4v) is 3.74. The van der Waals surface area contributed by atoms with Crippen molar-refractivity contribution >= 4 is 39.8 Å². The third kappa shape index (κ3) is 5.72. The maximum Gasteiger partial charge on any atom is 0.233 e. The summed E-state index contributed by atoms with van der Waals surface area (Å²) in [6.45, 7) is 12.5. The molecule has 1 amide bonds. The minimum Gasteiger partial charge on any atom is -0.335 e. The van der Waals surface area contributed by atoms with Crippen LogP contribution in [0.3, 0.4) is 0 Å². The molecule has 2 rings (SSSR count). The molecule has 0 saturated heterocycles. The Bertz CT molecular complexity index is 747. The van der Waals surface area contributed by atoms with Crippen LogP contribution in [-0.2, 0) is 4.79 Å². The monoisotopic (exact) mass is 374 g/mol. The van der Waals surface area contributed by atoms with Crippen molar-refractivity contribution in [3.63, 3.8) is 0 Å². The smallest absolute Gasteiger partial charge is 0.233 e. The van der Waals surface area contributed by atoms with Crippen LogP contribution in [0.15, 0.2) is 47.8 Å². The Kier molecular flexibility index (Phi) is 7.21. The lowest BCUT2D eigenvalue weighted by Gasteiger charge is -2.18. The molecule has 0 saturated carbocycles. The quantitative estimate of drug-likeness (QED) is 0.527. The summed E-state index contributed by atoms with van der Waals surface area (Å²) in [6, 6.07) is 6.17. The molecule has 0 unspecified atom stereocenters. The number of nitrogens with one attached hydrogen (secondary N) is 1. The van der Waals surface area contributed by atoms with Crippen LogP contribution >= 0.6 is 23.1 Å². The Hall–Kier alpha value is -2.12. The van der Waals surface area contributed by atoms with E-state index in [1.807, 2.05) is 6.07 Å². The molecule has 0 radical (unpaired) electrons. The highest BCUT2D eigenvalue weighted by atomic mass is 32.2. The van der Waals surface area contributed by atoms with Crippen LogP contribution < -0.4 is 5.32 Å². The van der Waals surface area contributed by atoms with E-state index in [2.05, 4.69) is 54.7 Å². The van der Waals surface area contributed by atoms with Crippen molar-refractivity contribution in [2.45, 2.75) is 18.2 Å². The molecule has 132 valence electrons. The first kappa shape index (κ1) is 19.2. The van der Waals surface area contributed by atoms with Crippen LogP contribution in [0, 0.1) is 13.8 Å². The minimum atomic E-state index is 0.0312. The molecule has 0 bridgehead atoms. The molecular weight excluding hydrogens is 352 g/mol. The van der Waals surface area contributed by atoms with E-state index in [1.165, 1.54) is 34.2 Å². The number of benzene rings is 1. The maximum absolute atomic E-state index is 12.2. The highest BCUT2D eigenvalue weighted by molar-refractivity contribution is 8.01. The molecule has 0 spiro atoms. The topological polar surface area (TPSA) is 58.1 Å². The highest BCUT2D eigenvalue weighted by Crippen LogP contribution is 2.28. The predicted molar refractivity (Wildman–Crippen MR) is 107 cm³/mol. The number of thioether (sulfide) groups is 1. The van der Waals surface area contributed by atoms with Gasteiger partial charge in [0.1, 0.15) is 0 Å². The molecule has 25 heavy (non-hydrogen) atoms. The van der Waals surface area contributed by atoms with Crippen LogP contribution in [0.2, 0.25) is 0 Å². The third-order valence-corrected chi connectivity index (χ3v) is 5.49. The molecule has 0 aliphatic heterocycles. The second-order valence-electron chi connectivity index (χ2n) is 5.46. The lowest BCUT2D eigenvalue weighted by Crippen LogP contribution is -2.32. The van der Waals surface area contributed by atoms with Crippen LogP contribution in [0.4, 0.5) is 10.8 Å². The molecule has 1 heterocycles. The van der Waals surface area contributed by atoms with Gasteiger partial charge in [0, 0.05) is 18.8 Å². The molecule has 1 aromatic carbocycles. The van der Waals surface area contributed by atoms with Crippen LogP contribution in [-0.4, -0.2) is 39.8 Å². The van der Waals surface area contributed by atoms with Gasteiger partial charge in [0.15, 0.2) is 4.34 Å². The number of carbonyl (C=O) groups excluding carboxylic acids is 1. The zero-order valence-electron chi connectivity index (χ0n) is 14.5. The van der Waals surface area contributed by atoms with Gasteiger partial charge in [-0.3, -0.25) is 4.79 Å². The van der Waals surface area contributed by atoms with Gasteiger partial charge >= 0.3 is 0 Å². The van der Waals surface area contributed by atoms with Gasteiger partial charge in [0.05, 0.1) is 5.75 Å². The normalized spacial score (nSPS) is 10.3. The summed E-state index contributed by atoms with van der Waals surface area (Å²) in [7, 11) is 0. The number of aromatic nitrogens is 2. The van der Waals surface area contributed by atoms with Gasteiger partial charge in [-0.2, -0.15) is 0 Å². The second-order valence-corrected chi connectivity index (χ2v) is 7.66. The number of amides is 1. The summed E-state index contributed by atoms with van der Waals surface area (Å²) < 4.78 is 0.761. The summed E-state index contributed by atoms with van der Waals surface area (Å²) in [5.74, 6) is 0.351. The second kappa shape index (κ2) is 9.39. The predicted octanol–water partition coefficient (Wildman–Crippen LogP) is 4.19. The molecule has 1 aromatic heterocycles. The highest BCUT2D eigenvalue weighted by Gasteiger charge is 2.13. The van der Waals surface area contributed by atoms with Gasteiger partial charge in [-0.15, -0.1) is 23.4 Å². The van der Waals surface area contributed by atoms with Crippen molar-refractivity contribution < 1.29 is 4.79 Å². The summed E-state index contributed by atoms with van der Waals surface area (Å²) in [4.78, 5) is 13.9. The first-order chi connectivity index (χ1) is 12.0. The lowest BCUT2D eigenvalue weighted by atomic mass is 10.1. The first-order valence-electron chi connectivity index (χ1n) is 7.83. The van der Waals surface area contributed by atoms with Gasteiger partial charge in [-0.05, 0) is 37.1 Å². The average Bonchev–Trinajstić information content (AvgIpc) is 3.03. The number of aryl methyl sites for hydroxylation is 2. The Balaban J connectivity index is 1.92. The number of nitrogens with zero attached hydrogens (tertiary/aromatic N) is 3. The van der Waals surface area contributed by atoms with Crippen molar-refractivity contribution in [2.24, 2.45) is 0 Å². The van der Waals surface area contributed by atoms with Crippen molar-refractivity contribution in [3.8, 4) is 0 Å². The van der Waals surface area contributed by atoms with Gasteiger partial charge < -0.3 is 10.2 Å². The summed E-state index contributed by atoms with van der Waals surface area (Å²) in [5, 5.41) is 12.2. The molecule has 7 heteroatoms. The molecule has 5 nitrogen and oxygen atoms in total. The Morgan fingerprint density at radius 2 is 1.96 bits per heavy atom. The lowest BCUT2D eigenvalue weighted by molar-refractivity contribution is -0.127. The number of hydrogen-bond acceptors (Lipinski definition) is 6. The molecule has 2 aromatic rings. The molecule has 0 aliphatic rings. The van der Waals surface area contributed by atoms with Gasteiger partial charge in [-0.1, -0.05) is 41.3 Å². The van der Waals surface area contributed by atoms with Crippen molar-refractivity contribution in [1.29, 1.82) is 0 Å². The molecule has 0 aliphatic carbocycles. The number of rotatable bonds is 9. The number of anilines is 2. The van der Waals surface area contributed by atoms with E-state index in [1.54, 1.807) is 17.1 Å². The number of hydrogen-bond donors (Lipinski definition) is 1. The molecule has 0 fully saturated rings. The zero-order chi connectivity index (χ0) is 18.2. The average molecular weight is 375 g/mol.